The molecule has 0 unspecified atom stereocenters. The predicted octanol–water partition coefficient (Wildman–Crippen LogP) is 5.21. The van der Waals surface area contributed by atoms with Gasteiger partial charge in [-0.1, -0.05) is 85.8 Å². The fourth-order valence-electron chi connectivity index (χ4n) is 5.29. The molecule has 42 heavy (non-hydrogen) atoms. The molecule has 218 valence electrons. The molecule has 0 amide bonds. The summed E-state index contributed by atoms with van der Waals surface area (Å²) in [7, 11) is 0. The highest BCUT2D eigenvalue weighted by Gasteiger charge is 2.48. The van der Waals surface area contributed by atoms with Gasteiger partial charge in [-0.05, 0) is 36.1 Å². The van der Waals surface area contributed by atoms with Crippen LogP contribution in [0.15, 0.2) is 107 Å². The normalized spacial score (nSPS) is 19.8. The van der Waals surface area contributed by atoms with E-state index in [0.717, 1.165) is 11.1 Å². The lowest BCUT2D eigenvalue weighted by Crippen LogP contribution is -2.40. The van der Waals surface area contributed by atoms with E-state index in [1.807, 2.05) is 85.8 Å². The fraction of sp³-hybridized carbons (Fsp3) is 0.303. The Hall–Kier alpha value is -4.05. The van der Waals surface area contributed by atoms with Crippen molar-refractivity contribution >= 4 is 17.5 Å². The van der Waals surface area contributed by atoms with Crippen LogP contribution in [-0.4, -0.2) is 33.6 Å². The van der Waals surface area contributed by atoms with Crippen molar-refractivity contribution in [2.24, 2.45) is 5.92 Å². The smallest absolute Gasteiger partial charge is 0.358 e. The number of para-hydroxylation sites is 1. The maximum atomic E-state index is 13.1. The maximum Gasteiger partial charge on any atom is 0.358 e. The first-order valence-corrected chi connectivity index (χ1v) is 14.5. The van der Waals surface area contributed by atoms with Crippen LogP contribution in [0.5, 0.6) is 5.75 Å². The quantitative estimate of drug-likeness (QED) is 0.241. The Labute approximate surface area is 249 Å². The number of benzene rings is 3. The Bertz CT molecular complexity index is 1560. The predicted molar refractivity (Wildman–Crippen MR) is 164 cm³/mol. The molecule has 4 atom stereocenters. The van der Waals surface area contributed by atoms with Gasteiger partial charge in [0.2, 0.25) is 0 Å². The third-order valence-corrected chi connectivity index (χ3v) is 7.62. The van der Waals surface area contributed by atoms with Gasteiger partial charge in [0.25, 0.3) is 5.56 Å². The van der Waals surface area contributed by atoms with Gasteiger partial charge in [0.15, 0.2) is 0 Å². The largest absolute Gasteiger partial charge is 0.451 e. The Morgan fingerprint density at radius 2 is 1.52 bits per heavy atom. The van der Waals surface area contributed by atoms with Crippen LogP contribution in [0.2, 0.25) is 0 Å². The Kier molecular flexibility index (Phi) is 9.97. The molecule has 5 rings (SSSR count). The van der Waals surface area contributed by atoms with Crippen molar-refractivity contribution in [3.05, 3.63) is 135 Å². The van der Waals surface area contributed by atoms with Crippen molar-refractivity contribution in [2.75, 3.05) is 6.61 Å². The summed E-state index contributed by atoms with van der Waals surface area (Å²) < 4.78 is 26.4. The summed E-state index contributed by atoms with van der Waals surface area (Å²) in [4.78, 5) is 28.0. The number of aromatic amines is 1. The molecule has 1 heterocycles. The van der Waals surface area contributed by atoms with E-state index < -0.39 is 23.4 Å². The topological polar surface area (TPSA) is 91.8 Å². The maximum absolute atomic E-state index is 13.1. The van der Waals surface area contributed by atoms with Gasteiger partial charge in [-0.3, -0.25) is 14.3 Å². The highest BCUT2D eigenvalue weighted by atomic mass is 32.1. The monoisotopic (exact) mass is 586 g/mol. The second kappa shape index (κ2) is 14.2. The molecule has 1 saturated carbocycles. The zero-order valence-corrected chi connectivity index (χ0v) is 24.2. The lowest BCUT2D eigenvalue weighted by atomic mass is 10.0. The molecule has 1 fully saturated rings. The highest BCUT2D eigenvalue weighted by molar-refractivity contribution is 7.79. The van der Waals surface area contributed by atoms with E-state index in [9.17, 15) is 9.59 Å². The number of thiocarbonyl (C=S) groups is 1. The van der Waals surface area contributed by atoms with Crippen molar-refractivity contribution in [1.29, 1.82) is 0 Å². The molecule has 0 saturated heterocycles. The van der Waals surface area contributed by atoms with Crippen molar-refractivity contribution in [3.63, 3.8) is 0 Å². The van der Waals surface area contributed by atoms with E-state index in [2.05, 4.69) is 4.98 Å². The molecule has 1 aliphatic rings. The Balaban J connectivity index is 1.45. The summed E-state index contributed by atoms with van der Waals surface area (Å²) in [6, 6.07) is 28.4. The van der Waals surface area contributed by atoms with Crippen LogP contribution in [0.3, 0.4) is 0 Å². The summed E-state index contributed by atoms with van der Waals surface area (Å²) >= 11 is 5.53. The first kappa shape index (κ1) is 29.4. The molecule has 3 aromatic carbocycles. The van der Waals surface area contributed by atoms with Crippen LogP contribution >= 0.6 is 12.2 Å². The summed E-state index contributed by atoms with van der Waals surface area (Å²) in [5.41, 5.74) is 1.66. The van der Waals surface area contributed by atoms with E-state index >= 15 is 0 Å². The van der Waals surface area contributed by atoms with E-state index in [1.165, 1.54) is 4.57 Å². The van der Waals surface area contributed by atoms with E-state index in [0.29, 0.717) is 44.0 Å². The number of nitrogens with one attached hydrogen (secondary N) is 1. The summed E-state index contributed by atoms with van der Waals surface area (Å²) in [6.45, 7) is 2.95. The van der Waals surface area contributed by atoms with Gasteiger partial charge in [-0.25, -0.2) is 4.79 Å². The van der Waals surface area contributed by atoms with Crippen LogP contribution in [0.4, 0.5) is 0 Å². The van der Waals surface area contributed by atoms with Gasteiger partial charge in [0.1, 0.15) is 11.9 Å². The summed E-state index contributed by atoms with van der Waals surface area (Å²) in [5.74, 6) is 0.240. The molecule has 0 radical (unpaired) electrons. The molecule has 4 aromatic rings. The van der Waals surface area contributed by atoms with Crippen molar-refractivity contribution in [2.45, 2.75) is 51.2 Å². The van der Waals surface area contributed by atoms with Crippen molar-refractivity contribution in [3.8, 4) is 5.75 Å². The highest BCUT2D eigenvalue weighted by Crippen LogP contribution is 2.40. The van der Waals surface area contributed by atoms with Crippen LogP contribution in [-0.2, 0) is 33.8 Å². The SMILES string of the molecule is CCc1cn([C@H]2C[C@H](OCc3ccccc3)[C@@H](COCc3ccccc3)[C@@H]2OC(=S)Oc2ccccc2)c(=O)[nH]c1=O. The van der Waals surface area contributed by atoms with Gasteiger partial charge in [-0.2, -0.15) is 0 Å². The fourth-order valence-corrected chi connectivity index (χ4v) is 5.49. The molecule has 0 bridgehead atoms. The molecular formula is C33H34N2O6S. The standard InChI is InChI=1S/C33H34N2O6S/c1-2-25-19-35(32(37)34-31(25)36)28-18-29(39-21-24-14-8-4-9-15-24)27(22-38-20-23-12-6-3-7-13-23)30(28)41-33(42)40-26-16-10-5-11-17-26/h3-17,19,27-30H,2,18,20-22H2,1H3,(H,34,36,37)/t27-,28+,29+,30+/m1/s1. The van der Waals surface area contributed by atoms with Gasteiger partial charge in [0.05, 0.1) is 32.0 Å². The van der Waals surface area contributed by atoms with Crippen molar-refractivity contribution in [1.82, 2.24) is 9.55 Å². The third kappa shape index (κ3) is 7.42. The Morgan fingerprint density at radius 1 is 0.905 bits per heavy atom. The molecule has 9 heteroatoms. The zero-order chi connectivity index (χ0) is 29.3. The number of nitrogens with zero attached hydrogens (tertiary/aromatic N) is 1. The average molecular weight is 587 g/mol. The summed E-state index contributed by atoms with van der Waals surface area (Å²) in [6.07, 6.45) is 1.57. The lowest BCUT2D eigenvalue weighted by molar-refractivity contribution is -0.0470. The number of H-pyrrole nitrogens is 1. The van der Waals surface area contributed by atoms with Crippen LogP contribution < -0.4 is 16.0 Å². The van der Waals surface area contributed by atoms with Crippen LogP contribution in [0.1, 0.15) is 36.1 Å². The molecule has 1 N–H and O–H groups in total. The lowest BCUT2D eigenvalue weighted by Gasteiger charge is -2.28. The first-order chi connectivity index (χ1) is 20.5. The van der Waals surface area contributed by atoms with Gasteiger partial charge in [-0.15, -0.1) is 0 Å². The molecule has 1 aromatic heterocycles. The molecule has 0 spiro atoms. The van der Waals surface area contributed by atoms with Crippen LogP contribution in [0.25, 0.3) is 0 Å². The van der Waals surface area contributed by atoms with Crippen molar-refractivity contribution < 1.29 is 18.9 Å². The number of ether oxygens (including phenoxy) is 4. The second-order valence-corrected chi connectivity index (χ2v) is 10.6. The minimum atomic E-state index is -0.633. The van der Waals surface area contributed by atoms with Gasteiger partial charge in [0, 0.05) is 29.9 Å². The number of hydrogen-bond donors (Lipinski definition) is 1. The van der Waals surface area contributed by atoms with E-state index in [-0.39, 0.29) is 17.3 Å². The van der Waals surface area contributed by atoms with E-state index in [4.69, 9.17) is 31.2 Å². The third-order valence-electron chi connectivity index (χ3n) is 7.44. The Morgan fingerprint density at radius 3 is 2.17 bits per heavy atom. The number of aromatic nitrogens is 2. The number of hydrogen-bond acceptors (Lipinski definition) is 7. The molecule has 8 nitrogen and oxygen atoms in total. The van der Waals surface area contributed by atoms with Crippen LogP contribution in [0, 0.1) is 5.92 Å². The van der Waals surface area contributed by atoms with Gasteiger partial charge < -0.3 is 18.9 Å². The minimum Gasteiger partial charge on any atom is -0.451 e. The molecule has 1 aliphatic carbocycles. The summed E-state index contributed by atoms with van der Waals surface area (Å²) in [5, 5.41) is -0.0684. The minimum absolute atomic E-state index is 0.0684. The molecular weight excluding hydrogens is 552 g/mol. The number of aryl methyl sites for hydroxylation is 1. The second-order valence-electron chi connectivity index (χ2n) is 10.2. The molecule has 0 aliphatic heterocycles. The zero-order valence-electron chi connectivity index (χ0n) is 23.4. The van der Waals surface area contributed by atoms with Gasteiger partial charge >= 0.3 is 10.9 Å². The average Bonchev–Trinajstić information content (AvgIpc) is 3.34. The number of rotatable bonds is 11. The van der Waals surface area contributed by atoms with E-state index in [1.54, 1.807) is 18.3 Å². The first-order valence-electron chi connectivity index (χ1n) is 14.1.